The molecule has 2 aromatic carbocycles. The molecule has 1 fully saturated rings. The van der Waals surface area contributed by atoms with Crippen molar-refractivity contribution < 1.29 is 13.9 Å². The molecule has 1 saturated heterocycles. The molecular weight excluding hydrogens is 395 g/mol. The summed E-state index contributed by atoms with van der Waals surface area (Å²) in [5.41, 5.74) is 2.75. The minimum Gasteiger partial charge on any atom is -0.489 e. The zero-order chi connectivity index (χ0) is 21.6. The average molecular weight is 423 g/mol. The standard InChI is InChI=1S/C25H27FN2O3/c1-30-24-11-14-27(17-24)13-10-19-4-8-22(9-5-19)28-15-12-23(16-25(28)29)31-18-20-2-6-21(26)7-3-20/h2-9,12,15-16,24H,10-11,13-14,17-18H2,1H3/t24-/m0/s1. The Bertz CT molecular complexity index is 1050. The molecule has 1 aliphatic rings. The number of hydrogen-bond donors (Lipinski definition) is 0. The zero-order valence-electron chi connectivity index (χ0n) is 17.7. The number of benzene rings is 2. The molecule has 0 unspecified atom stereocenters. The van der Waals surface area contributed by atoms with E-state index in [0.29, 0.717) is 11.9 Å². The maximum atomic E-state index is 13.0. The van der Waals surface area contributed by atoms with Crippen molar-refractivity contribution in [1.82, 2.24) is 9.47 Å². The lowest BCUT2D eigenvalue weighted by atomic mass is 10.1. The first-order valence-electron chi connectivity index (χ1n) is 10.5. The second kappa shape index (κ2) is 9.90. The molecule has 0 N–H and O–H groups in total. The molecule has 31 heavy (non-hydrogen) atoms. The normalized spacial score (nSPS) is 16.5. The second-order valence-electron chi connectivity index (χ2n) is 7.85. The molecule has 0 aliphatic carbocycles. The van der Waals surface area contributed by atoms with E-state index in [1.807, 2.05) is 12.1 Å². The maximum Gasteiger partial charge on any atom is 0.258 e. The van der Waals surface area contributed by atoms with Crippen LogP contribution in [0.5, 0.6) is 5.75 Å². The monoisotopic (exact) mass is 422 g/mol. The van der Waals surface area contributed by atoms with E-state index in [1.54, 1.807) is 36.1 Å². The fourth-order valence-corrected chi connectivity index (χ4v) is 3.81. The molecule has 0 radical (unpaired) electrons. The maximum absolute atomic E-state index is 13.0. The Morgan fingerprint density at radius 3 is 2.45 bits per heavy atom. The smallest absolute Gasteiger partial charge is 0.258 e. The van der Waals surface area contributed by atoms with Crippen molar-refractivity contribution in [3.8, 4) is 11.4 Å². The highest BCUT2D eigenvalue weighted by atomic mass is 19.1. The molecule has 1 aromatic heterocycles. The minimum absolute atomic E-state index is 0.160. The van der Waals surface area contributed by atoms with E-state index in [4.69, 9.17) is 9.47 Å². The largest absolute Gasteiger partial charge is 0.489 e. The van der Waals surface area contributed by atoms with Crippen molar-refractivity contribution in [2.75, 3.05) is 26.7 Å². The molecule has 5 nitrogen and oxygen atoms in total. The quantitative estimate of drug-likeness (QED) is 0.554. The minimum atomic E-state index is -0.284. The van der Waals surface area contributed by atoms with Gasteiger partial charge in [-0.3, -0.25) is 9.36 Å². The first-order chi connectivity index (χ1) is 15.1. The highest BCUT2D eigenvalue weighted by molar-refractivity contribution is 5.36. The van der Waals surface area contributed by atoms with Crippen LogP contribution in [0.15, 0.2) is 71.7 Å². The molecule has 0 spiro atoms. The molecule has 1 aliphatic heterocycles. The number of halogens is 1. The van der Waals surface area contributed by atoms with E-state index in [9.17, 15) is 9.18 Å². The van der Waals surface area contributed by atoms with E-state index < -0.39 is 0 Å². The molecule has 0 saturated carbocycles. The highest BCUT2D eigenvalue weighted by Gasteiger charge is 2.21. The zero-order valence-corrected chi connectivity index (χ0v) is 17.7. The van der Waals surface area contributed by atoms with Gasteiger partial charge in [-0.25, -0.2) is 4.39 Å². The van der Waals surface area contributed by atoms with Crippen LogP contribution in [0.25, 0.3) is 5.69 Å². The van der Waals surface area contributed by atoms with Crippen molar-refractivity contribution in [2.45, 2.75) is 25.6 Å². The van der Waals surface area contributed by atoms with Crippen LogP contribution in [0.1, 0.15) is 17.5 Å². The molecule has 0 amide bonds. The van der Waals surface area contributed by atoms with E-state index in [1.165, 1.54) is 23.8 Å². The number of nitrogens with zero attached hydrogens (tertiary/aromatic N) is 2. The lowest BCUT2D eigenvalue weighted by Gasteiger charge is -2.15. The SMILES string of the molecule is CO[C@H]1CCN(CCc2ccc(-n3ccc(OCc4ccc(F)cc4)cc3=O)cc2)C1. The van der Waals surface area contributed by atoms with Crippen molar-refractivity contribution >= 4 is 0 Å². The number of likely N-dealkylation sites (tertiary alicyclic amines) is 1. The highest BCUT2D eigenvalue weighted by Crippen LogP contribution is 2.15. The van der Waals surface area contributed by atoms with Crippen LogP contribution in [0.4, 0.5) is 4.39 Å². The van der Waals surface area contributed by atoms with Crippen molar-refractivity contribution in [1.29, 1.82) is 0 Å². The lowest BCUT2D eigenvalue weighted by Crippen LogP contribution is -2.25. The summed E-state index contributed by atoms with van der Waals surface area (Å²) in [6, 6.07) is 17.4. The number of ether oxygens (including phenoxy) is 2. The van der Waals surface area contributed by atoms with Crippen LogP contribution in [0.3, 0.4) is 0 Å². The van der Waals surface area contributed by atoms with Crippen molar-refractivity contribution in [3.05, 3.63) is 94.2 Å². The summed E-state index contributed by atoms with van der Waals surface area (Å²) < 4.78 is 25.7. The van der Waals surface area contributed by atoms with E-state index in [2.05, 4.69) is 17.0 Å². The second-order valence-corrected chi connectivity index (χ2v) is 7.85. The fraction of sp³-hybridized carbons (Fsp3) is 0.320. The van der Waals surface area contributed by atoms with Gasteiger partial charge in [0.15, 0.2) is 0 Å². The van der Waals surface area contributed by atoms with Crippen LogP contribution in [0.2, 0.25) is 0 Å². The number of pyridine rings is 1. The van der Waals surface area contributed by atoms with Crippen LogP contribution in [-0.2, 0) is 17.8 Å². The molecule has 3 aromatic rings. The van der Waals surface area contributed by atoms with E-state index >= 15 is 0 Å². The van der Waals surface area contributed by atoms with Crippen LogP contribution in [0, 0.1) is 5.82 Å². The topological polar surface area (TPSA) is 43.7 Å². The summed E-state index contributed by atoms with van der Waals surface area (Å²) in [5.74, 6) is 0.204. The molecule has 162 valence electrons. The Balaban J connectivity index is 1.34. The molecule has 0 bridgehead atoms. The molecule has 1 atom stereocenters. The van der Waals surface area contributed by atoms with Crippen molar-refractivity contribution in [3.63, 3.8) is 0 Å². The van der Waals surface area contributed by atoms with Gasteiger partial charge in [-0.1, -0.05) is 24.3 Å². The fourth-order valence-electron chi connectivity index (χ4n) is 3.81. The number of rotatable bonds is 8. The van der Waals surface area contributed by atoms with Crippen LogP contribution >= 0.6 is 0 Å². The third-order valence-corrected chi connectivity index (χ3v) is 5.70. The summed E-state index contributed by atoms with van der Waals surface area (Å²) in [7, 11) is 1.78. The van der Waals surface area contributed by atoms with Crippen LogP contribution in [-0.4, -0.2) is 42.3 Å². The Labute approximate surface area is 181 Å². The van der Waals surface area contributed by atoms with E-state index in [0.717, 1.165) is 43.7 Å². The van der Waals surface area contributed by atoms with Gasteiger partial charge in [0.2, 0.25) is 0 Å². The summed E-state index contributed by atoms with van der Waals surface area (Å²) in [5, 5.41) is 0. The van der Waals surface area contributed by atoms with Gasteiger partial charge in [-0.05, 0) is 54.3 Å². The van der Waals surface area contributed by atoms with Crippen molar-refractivity contribution in [2.24, 2.45) is 0 Å². The van der Waals surface area contributed by atoms with Gasteiger partial charge in [0, 0.05) is 44.7 Å². The van der Waals surface area contributed by atoms with E-state index in [-0.39, 0.29) is 18.0 Å². The van der Waals surface area contributed by atoms with Gasteiger partial charge in [0.05, 0.1) is 6.10 Å². The van der Waals surface area contributed by atoms with Gasteiger partial charge < -0.3 is 14.4 Å². The number of hydrogen-bond acceptors (Lipinski definition) is 4. The predicted octanol–water partition coefficient (Wildman–Crippen LogP) is 3.82. The van der Waals surface area contributed by atoms with Gasteiger partial charge in [0.1, 0.15) is 18.2 Å². The summed E-state index contributed by atoms with van der Waals surface area (Å²) >= 11 is 0. The summed E-state index contributed by atoms with van der Waals surface area (Å²) in [4.78, 5) is 15.0. The predicted molar refractivity (Wildman–Crippen MR) is 118 cm³/mol. The average Bonchev–Trinajstić information content (AvgIpc) is 3.26. The Morgan fingerprint density at radius 2 is 1.77 bits per heavy atom. The molecule has 4 rings (SSSR count). The third-order valence-electron chi connectivity index (χ3n) is 5.70. The first kappa shape index (κ1) is 21.3. The summed E-state index contributed by atoms with van der Waals surface area (Å²) in [6.45, 7) is 3.38. The molecular formula is C25H27FN2O3. The molecule has 6 heteroatoms. The number of methoxy groups -OCH3 is 1. The molecule has 2 heterocycles. The Morgan fingerprint density at radius 1 is 1.03 bits per heavy atom. The van der Waals surface area contributed by atoms with Gasteiger partial charge in [0.25, 0.3) is 5.56 Å². The van der Waals surface area contributed by atoms with Gasteiger partial charge >= 0.3 is 0 Å². The van der Waals surface area contributed by atoms with Gasteiger partial charge in [-0.2, -0.15) is 0 Å². The van der Waals surface area contributed by atoms with Crippen LogP contribution < -0.4 is 10.3 Å². The Kier molecular flexibility index (Phi) is 6.79. The Hall–Kier alpha value is -2.96. The van der Waals surface area contributed by atoms with Gasteiger partial charge in [-0.15, -0.1) is 0 Å². The number of aromatic nitrogens is 1. The lowest BCUT2D eigenvalue weighted by molar-refractivity contribution is 0.108. The third kappa shape index (κ3) is 5.60. The summed E-state index contributed by atoms with van der Waals surface area (Å²) in [6.07, 6.45) is 4.15. The first-order valence-corrected chi connectivity index (χ1v) is 10.5.